The van der Waals surface area contributed by atoms with Gasteiger partial charge in [-0.1, -0.05) is 6.07 Å². The van der Waals surface area contributed by atoms with Crippen molar-refractivity contribution >= 4 is 27.5 Å². The lowest BCUT2D eigenvalue weighted by atomic mass is 9.94. The number of nitriles is 1. The molecule has 1 aliphatic heterocycles. The molecule has 2 heterocycles. The number of ketones is 1. The van der Waals surface area contributed by atoms with Gasteiger partial charge in [0.2, 0.25) is 0 Å². The highest BCUT2D eigenvalue weighted by Crippen LogP contribution is 2.41. The number of amides is 2. The van der Waals surface area contributed by atoms with Gasteiger partial charge in [0.1, 0.15) is 12.5 Å². The van der Waals surface area contributed by atoms with Crippen LogP contribution in [0.4, 0.5) is 15.0 Å². The Morgan fingerprint density at radius 1 is 1.26 bits per heavy atom. The minimum Gasteiger partial charge on any atom is -0.326 e. The molecule has 1 unspecified atom stereocenters. The van der Waals surface area contributed by atoms with E-state index in [-0.39, 0.29) is 46.0 Å². The average molecular weight is 440 g/mol. The van der Waals surface area contributed by atoms with E-state index in [1.807, 2.05) is 6.07 Å². The Hall–Kier alpha value is -3.58. The monoisotopic (exact) mass is 440 g/mol. The van der Waals surface area contributed by atoms with E-state index in [2.05, 4.69) is 10.3 Å². The SMILES string of the molecule is CS(=O)(=O)c1cc(C#N)ccc1C1NC(=O)N(c2cc(CF)ccn2)C2=C1C(=O)CC2. The smallest absolute Gasteiger partial charge is 0.326 e. The molecule has 1 aromatic heterocycles. The Kier molecular flexibility index (Phi) is 5.07. The second kappa shape index (κ2) is 7.59. The number of benzene rings is 1. The molecule has 0 radical (unpaired) electrons. The van der Waals surface area contributed by atoms with E-state index < -0.39 is 28.6 Å². The molecule has 4 rings (SSSR count). The lowest BCUT2D eigenvalue weighted by Crippen LogP contribution is -2.47. The summed E-state index contributed by atoms with van der Waals surface area (Å²) in [6, 6.07) is 7.32. The molecule has 0 spiro atoms. The molecule has 2 aliphatic rings. The third-order valence-corrected chi connectivity index (χ3v) is 6.43. The number of hydrogen-bond acceptors (Lipinski definition) is 6. The quantitative estimate of drug-likeness (QED) is 0.781. The van der Waals surface area contributed by atoms with Gasteiger partial charge in [-0.3, -0.25) is 4.79 Å². The number of rotatable bonds is 4. The van der Waals surface area contributed by atoms with Crippen LogP contribution in [-0.2, 0) is 21.3 Å². The molecule has 1 aliphatic carbocycles. The van der Waals surface area contributed by atoms with Gasteiger partial charge in [-0.25, -0.2) is 27.5 Å². The number of hydrogen-bond donors (Lipinski definition) is 1. The maximum atomic E-state index is 13.1. The molecule has 158 valence electrons. The third-order valence-electron chi connectivity index (χ3n) is 5.28. The highest BCUT2D eigenvalue weighted by atomic mass is 32.2. The van der Waals surface area contributed by atoms with Crippen LogP contribution in [0.25, 0.3) is 0 Å². The zero-order chi connectivity index (χ0) is 22.3. The van der Waals surface area contributed by atoms with Crippen molar-refractivity contribution in [3.05, 3.63) is 64.5 Å². The summed E-state index contributed by atoms with van der Waals surface area (Å²) >= 11 is 0. The first-order chi connectivity index (χ1) is 14.7. The van der Waals surface area contributed by atoms with Gasteiger partial charge < -0.3 is 5.32 Å². The molecule has 0 saturated carbocycles. The number of nitrogens with one attached hydrogen (secondary N) is 1. The van der Waals surface area contributed by atoms with Crippen LogP contribution < -0.4 is 10.2 Å². The summed E-state index contributed by atoms with van der Waals surface area (Å²) in [7, 11) is -3.76. The minimum absolute atomic E-state index is 0.130. The van der Waals surface area contributed by atoms with Crippen LogP contribution in [0.3, 0.4) is 0 Å². The first-order valence-corrected chi connectivity index (χ1v) is 11.3. The molecule has 1 aromatic carbocycles. The summed E-state index contributed by atoms with van der Waals surface area (Å²) in [6.45, 7) is -0.735. The van der Waals surface area contributed by atoms with Crippen molar-refractivity contribution in [2.45, 2.75) is 30.5 Å². The van der Waals surface area contributed by atoms with Crippen LogP contribution >= 0.6 is 0 Å². The number of pyridine rings is 1. The topological polar surface area (TPSA) is 120 Å². The van der Waals surface area contributed by atoms with Crippen LogP contribution in [0.1, 0.15) is 35.6 Å². The van der Waals surface area contributed by atoms with Gasteiger partial charge in [0, 0.05) is 30.1 Å². The summed E-state index contributed by atoms with van der Waals surface area (Å²) in [4.78, 5) is 31.1. The lowest BCUT2D eigenvalue weighted by molar-refractivity contribution is -0.115. The molecule has 10 heteroatoms. The van der Waals surface area contributed by atoms with Gasteiger partial charge in [0.15, 0.2) is 15.6 Å². The van der Waals surface area contributed by atoms with E-state index in [1.165, 1.54) is 41.4 Å². The molecule has 31 heavy (non-hydrogen) atoms. The molecule has 2 aromatic rings. The summed E-state index contributed by atoms with van der Waals surface area (Å²) in [5, 5.41) is 11.8. The normalized spacial score (nSPS) is 18.6. The van der Waals surface area contributed by atoms with Crippen molar-refractivity contribution in [1.29, 1.82) is 5.26 Å². The Morgan fingerprint density at radius 2 is 2.03 bits per heavy atom. The van der Waals surface area contributed by atoms with Crippen molar-refractivity contribution in [3.8, 4) is 6.07 Å². The van der Waals surface area contributed by atoms with Gasteiger partial charge in [-0.2, -0.15) is 5.26 Å². The molecule has 0 saturated heterocycles. The number of carbonyl (C=O) groups excluding carboxylic acids is 2. The van der Waals surface area contributed by atoms with Gasteiger partial charge in [-0.15, -0.1) is 0 Å². The fraction of sp³-hybridized carbons (Fsp3) is 0.238. The summed E-state index contributed by atoms with van der Waals surface area (Å²) < 4.78 is 37.9. The second-order valence-corrected chi connectivity index (χ2v) is 9.28. The molecule has 1 N–H and O–H groups in total. The molecule has 0 bridgehead atoms. The highest BCUT2D eigenvalue weighted by molar-refractivity contribution is 7.90. The Bertz CT molecular complexity index is 1300. The number of urea groups is 1. The average Bonchev–Trinajstić information content (AvgIpc) is 3.13. The number of alkyl halides is 1. The standard InChI is InChI=1S/C21H17FN4O4S/c1-31(29,30)17-8-13(11-23)2-3-14(17)20-19-15(4-5-16(19)27)26(21(28)25-20)18-9-12(10-22)6-7-24-18/h2-3,6-9,20H,4-5,10H2,1H3,(H,25,28). The van der Waals surface area contributed by atoms with E-state index >= 15 is 0 Å². The van der Waals surface area contributed by atoms with Crippen molar-refractivity contribution in [3.63, 3.8) is 0 Å². The van der Waals surface area contributed by atoms with Crippen molar-refractivity contribution < 1.29 is 22.4 Å². The fourth-order valence-electron chi connectivity index (χ4n) is 3.91. The summed E-state index contributed by atoms with van der Waals surface area (Å²) in [5.74, 6) is -0.0491. The number of carbonyl (C=O) groups is 2. The van der Waals surface area contributed by atoms with Crippen molar-refractivity contribution in [2.24, 2.45) is 0 Å². The second-order valence-electron chi connectivity index (χ2n) is 7.29. The van der Waals surface area contributed by atoms with Gasteiger partial charge >= 0.3 is 6.03 Å². The molecule has 0 fully saturated rings. The number of halogens is 1. The van der Waals surface area contributed by atoms with Gasteiger partial charge in [0.25, 0.3) is 0 Å². The van der Waals surface area contributed by atoms with E-state index in [0.717, 1.165) is 6.26 Å². The number of anilines is 1. The highest BCUT2D eigenvalue weighted by Gasteiger charge is 2.42. The molecular weight excluding hydrogens is 423 g/mol. The maximum Gasteiger partial charge on any atom is 0.328 e. The van der Waals surface area contributed by atoms with Gasteiger partial charge in [-0.05, 0) is 41.8 Å². The summed E-state index contributed by atoms with van der Waals surface area (Å²) in [5.41, 5.74) is 1.36. The van der Waals surface area contributed by atoms with E-state index in [9.17, 15) is 22.4 Å². The molecular formula is C21H17FN4O4S. The first kappa shape index (κ1) is 20.7. The minimum atomic E-state index is -3.76. The Balaban J connectivity index is 1.90. The number of aromatic nitrogens is 1. The van der Waals surface area contributed by atoms with Crippen LogP contribution in [0, 0.1) is 11.3 Å². The summed E-state index contributed by atoms with van der Waals surface area (Å²) in [6.07, 6.45) is 2.80. The van der Waals surface area contributed by atoms with E-state index in [1.54, 1.807) is 0 Å². The van der Waals surface area contributed by atoms with Crippen LogP contribution in [0.2, 0.25) is 0 Å². The Labute approximate surface area is 177 Å². The predicted octanol–water partition coefficient (Wildman–Crippen LogP) is 2.71. The Morgan fingerprint density at radius 3 is 2.71 bits per heavy atom. The van der Waals surface area contributed by atoms with E-state index in [4.69, 9.17) is 5.26 Å². The number of sulfone groups is 1. The largest absolute Gasteiger partial charge is 0.328 e. The molecule has 2 amide bonds. The third kappa shape index (κ3) is 3.57. The van der Waals surface area contributed by atoms with Crippen LogP contribution in [-0.4, -0.2) is 31.5 Å². The number of nitrogens with zero attached hydrogens (tertiary/aromatic N) is 3. The molecule has 8 nitrogen and oxygen atoms in total. The van der Waals surface area contributed by atoms with Crippen molar-refractivity contribution in [2.75, 3.05) is 11.2 Å². The number of Topliss-reactive ketones (excluding diaryl/α,β-unsaturated/α-hetero) is 1. The van der Waals surface area contributed by atoms with E-state index in [0.29, 0.717) is 11.3 Å². The van der Waals surface area contributed by atoms with Crippen LogP contribution in [0.5, 0.6) is 0 Å². The molecule has 1 atom stereocenters. The van der Waals surface area contributed by atoms with Crippen LogP contribution in [0.15, 0.2) is 52.7 Å². The fourth-order valence-corrected chi connectivity index (χ4v) is 4.86. The lowest BCUT2D eigenvalue weighted by Gasteiger charge is -2.34. The first-order valence-electron chi connectivity index (χ1n) is 9.36. The predicted molar refractivity (Wildman–Crippen MR) is 108 cm³/mol. The van der Waals surface area contributed by atoms with Gasteiger partial charge in [0.05, 0.1) is 22.6 Å². The van der Waals surface area contributed by atoms with Crippen molar-refractivity contribution in [1.82, 2.24) is 10.3 Å². The maximum absolute atomic E-state index is 13.1. The zero-order valence-corrected chi connectivity index (χ0v) is 17.2. The zero-order valence-electron chi connectivity index (χ0n) is 16.4. The number of allylic oxidation sites excluding steroid dienone is 1.